The zero-order chi connectivity index (χ0) is 14.0. The highest BCUT2D eigenvalue weighted by atomic mass is 79.9. The van der Waals surface area contributed by atoms with Gasteiger partial charge in [-0.25, -0.2) is 13.4 Å². The summed E-state index contributed by atoms with van der Waals surface area (Å²) in [5, 5.41) is -0.0129. The van der Waals surface area contributed by atoms with E-state index in [2.05, 4.69) is 20.9 Å². The summed E-state index contributed by atoms with van der Waals surface area (Å²) in [6.07, 6.45) is 2.01. The Hall–Kier alpha value is -0.210. The van der Waals surface area contributed by atoms with Gasteiger partial charge in [-0.1, -0.05) is 11.6 Å². The standard InChI is InChI=1S/C11H14BrClN2O3S/c1-8-7-15(3-2-4-18-8)19(16,17)10-5-9(12)6-14-11(10)13/h5-6,8H,2-4,7H2,1H3. The maximum absolute atomic E-state index is 12.6. The molecule has 0 aliphatic carbocycles. The highest BCUT2D eigenvalue weighted by Gasteiger charge is 2.30. The first-order valence-corrected chi connectivity index (χ1v) is 8.45. The Balaban J connectivity index is 2.38. The lowest BCUT2D eigenvalue weighted by atomic mass is 10.4. The fraction of sp³-hybridized carbons (Fsp3) is 0.545. The van der Waals surface area contributed by atoms with Crippen molar-refractivity contribution >= 4 is 37.6 Å². The van der Waals surface area contributed by atoms with Crippen LogP contribution >= 0.6 is 27.5 Å². The van der Waals surface area contributed by atoms with E-state index in [9.17, 15) is 8.42 Å². The zero-order valence-corrected chi connectivity index (χ0v) is 13.5. The SMILES string of the molecule is CC1CN(S(=O)(=O)c2cc(Br)cnc2Cl)CCCO1. The average molecular weight is 370 g/mol. The number of sulfonamides is 1. The topological polar surface area (TPSA) is 59.5 Å². The van der Waals surface area contributed by atoms with Gasteiger partial charge in [0.15, 0.2) is 0 Å². The number of halogens is 2. The smallest absolute Gasteiger partial charge is 0.246 e. The molecule has 1 aliphatic rings. The maximum Gasteiger partial charge on any atom is 0.246 e. The second-order valence-electron chi connectivity index (χ2n) is 4.34. The Labute approximate surface area is 126 Å². The summed E-state index contributed by atoms with van der Waals surface area (Å²) in [5.74, 6) is 0. The van der Waals surface area contributed by atoms with Gasteiger partial charge in [0.05, 0.1) is 6.10 Å². The molecular formula is C11H14BrClN2O3S. The fourth-order valence-corrected chi connectivity index (χ4v) is 4.37. The molecule has 1 fully saturated rings. The van der Waals surface area contributed by atoms with E-state index in [1.165, 1.54) is 16.6 Å². The van der Waals surface area contributed by atoms with Crippen molar-refractivity contribution in [2.45, 2.75) is 24.3 Å². The third kappa shape index (κ3) is 3.46. The number of rotatable bonds is 2. The van der Waals surface area contributed by atoms with E-state index in [0.717, 1.165) is 0 Å². The molecule has 19 heavy (non-hydrogen) atoms. The number of hydrogen-bond acceptors (Lipinski definition) is 4. The predicted octanol–water partition coefficient (Wildman–Crippen LogP) is 2.30. The monoisotopic (exact) mass is 368 g/mol. The van der Waals surface area contributed by atoms with E-state index in [1.54, 1.807) is 0 Å². The van der Waals surface area contributed by atoms with Crippen molar-refractivity contribution in [3.05, 3.63) is 21.9 Å². The van der Waals surface area contributed by atoms with Gasteiger partial charge < -0.3 is 4.74 Å². The highest BCUT2D eigenvalue weighted by molar-refractivity contribution is 9.10. The molecule has 1 unspecified atom stereocenters. The normalized spacial score (nSPS) is 22.2. The van der Waals surface area contributed by atoms with Crippen LogP contribution in [0.1, 0.15) is 13.3 Å². The van der Waals surface area contributed by atoms with Gasteiger partial charge in [-0.3, -0.25) is 0 Å². The second kappa shape index (κ2) is 6.05. The van der Waals surface area contributed by atoms with Crippen molar-refractivity contribution in [2.75, 3.05) is 19.7 Å². The molecule has 0 bridgehead atoms. The molecule has 0 spiro atoms. The summed E-state index contributed by atoms with van der Waals surface area (Å²) < 4.78 is 32.6. The fourth-order valence-electron chi connectivity index (χ4n) is 1.90. The minimum Gasteiger partial charge on any atom is -0.377 e. The Morgan fingerprint density at radius 2 is 2.32 bits per heavy atom. The summed E-state index contributed by atoms with van der Waals surface area (Å²) in [7, 11) is -3.64. The van der Waals surface area contributed by atoms with Crippen LogP contribution in [0.5, 0.6) is 0 Å². The van der Waals surface area contributed by atoms with Crippen LogP contribution in [0.3, 0.4) is 0 Å². The van der Waals surface area contributed by atoms with Crippen molar-refractivity contribution in [1.82, 2.24) is 9.29 Å². The summed E-state index contributed by atoms with van der Waals surface area (Å²) in [5.41, 5.74) is 0. The lowest BCUT2D eigenvalue weighted by molar-refractivity contribution is 0.0752. The molecule has 1 aromatic heterocycles. The van der Waals surface area contributed by atoms with Crippen molar-refractivity contribution in [1.29, 1.82) is 0 Å². The van der Waals surface area contributed by atoms with E-state index in [-0.39, 0.29) is 16.2 Å². The molecule has 0 saturated carbocycles. The van der Waals surface area contributed by atoms with Gasteiger partial charge in [-0.2, -0.15) is 4.31 Å². The van der Waals surface area contributed by atoms with E-state index in [4.69, 9.17) is 16.3 Å². The molecule has 1 atom stereocenters. The first-order valence-electron chi connectivity index (χ1n) is 5.84. The van der Waals surface area contributed by atoms with Crippen LogP contribution in [0.4, 0.5) is 0 Å². The molecule has 8 heteroatoms. The third-order valence-electron chi connectivity index (χ3n) is 2.81. The van der Waals surface area contributed by atoms with Crippen molar-refractivity contribution < 1.29 is 13.2 Å². The highest BCUT2D eigenvalue weighted by Crippen LogP contribution is 2.26. The number of nitrogens with zero attached hydrogens (tertiary/aromatic N) is 2. The van der Waals surface area contributed by atoms with Crippen LogP contribution in [0, 0.1) is 0 Å². The first-order chi connectivity index (χ1) is 8.91. The molecule has 106 valence electrons. The molecule has 1 aromatic rings. The van der Waals surface area contributed by atoms with Gasteiger partial charge in [0.1, 0.15) is 10.0 Å². The van der Waals surface area contributed by atoms with E-state index in [1.807, 2.05) is 6.92 Å². The minimum absolute atomic E-state index is 0.0129. The van der Waals surface area contributed by atoms with Crippen LogP contribution in [0.15, 0.2) is 21.6 Å². The van der Waals surface area contributed by atoms with Gasteiger partial charge in [0.2, 0.25) is 10.0 Å². The molecule has 0 radical (unpaired) electrons. The molecule has 1 aliphatic heterocycles. The lowest BCUT2D eigenvalue weighted by Crippen LogP contribution is -2.36. The molecular weight excluding hydrogens is 356 g/mol. The first kappa shape index (κ1) is 15.2. The molecule has 0 aromatic carbocycles. The van der Waals surface area contributed by atoms with Crippen LogP contribution in [0.2, 0.25) is 5.15 Å². The Kier molecular flexibility index (Phi) is 4.84. The van der Waals surface area contributed by atoms with Crippen molar-refractivity contribution in [3.8, 4) is 0 Å². The Morgan fingerprint density at radius 3 is 3.05 bits per heavy atom. The molecule has 2 rings (SSSR count). The minimum atomic E-state index is -3.64. The molecule has 2 heterocycles. The van der Waals surface area contributed by atoms with Crippen molar-refractivity contribution in [3.63, 3.8) is 0 Å². The maximum atomic E-state index is 12.6. The van der Waals surface area contributed by atoms with Gasteiger partial charge in [-0.05, 0) is 35.3 Å². The Bertz CT molecular complexity index is 567. The number of aromatic nitrogens is 1. The summed E-state index contributed by atoms with van der Waals surface area (Å²) in [4.78, 5) is 3.89. The summed E-state index contributed by atoms with van der Waals surface area (Å²) >= 11 is 9.12. The summed E-state index contributed by atoms with van der Waals surface area (Å²) in [6.45, 7) is 3.17. The summed E-state index contributed by atoms with van der Waals surface area (Å²) in [6, 6.07) is 1.47. The third-order valence-corrected chi connectivity index (χ3v) is 5.53. The van der Waals surface area contributed by atoms with Crippen LogP contribution in [-0.4, -0.2) is 43.5 Å². The molecule has 0 N–H and O–H groups in total. The predicted molar refractivity (Wildman–Crippen MR) is 75.7 cm³/mol. The number of ether oxygens (including phenoxy) is 1. The van der Waals surface area contributed by atoms with Crippen molar-refractivity contribution in [2.24, 2.45) is 0 Å². The number of hydrogen-bond donors (Lipinski definition) is 0. The van der Waals surface area contributed by atoms with Gasteiger partial charge in [0.25, 0.3) is 0 Å². The Morgan fingerprint density at radius 1 is 1.58 bits per heavy atom. The lowest BCUT2D eigenvalue weighted by Gasteiger charge is -2.22. The van der Waals surface area contributed by atoms with E-state index < -0.39 is 10.0 Å². The molecule has 5 nitrogen and oxygen atoms in total. The average Bonchev–Trinajstić information content (AvgIpc) is 2.57. The van der Waals surface area contributed by atoms with E-state index in [0.29, 0.717) is 30.6 Å². The zero-order valence-electron chi connectivity index (χ0n) is 10.3. The van der Waals surface area contributed by atoms with Gasteiger partial charge in [-0.15, -0.1) is 0 Å². The largest absolute Gasteiger partial charge is 0.377 e. The molecule has 1 saturated heterocycles. The van der Waals surface area contributed by atoms with Crippen LogP contribution in [-0.2, 0) is 14.8 Å². The number of pyridine rings is 1. The van der Waals surface area contributed by atoms with Gasteiger partial charge in [0, 0.05) is 30.4 Å². The van der Waals surface area contributed by atoms with Gasteiger partial charge >= 0.3 is 0 Å². The second-order valence-corrected chi connectivity index (χ2v) is 7.52. The van der Waals surface area contributed by atoms with E-state index >= 15 is 0 Å². The quantitative estimate of drug-likeness (QED) is 0.751. The molecule has 0 amide bonds. The van der Waals surface area contributed by atoms with Crippen LogP contribution < -0.4 is 0 Å². The van der Waals surface area contributed by atoms with Crippen LogP contribution in [0.25, 0.3) is 0 Å².